The summed E-state index contributed by atoms with van der Waals surface area (Å²) in [6, 6.07) is 0. The molecule has 0 saturated carbocycles. The second kappa shape index (κ2) is 6.60. The number of methoxy groups -OCH3 is 1. The molecule has 0 aliphatic carbocycles. The topological polar surface area (TPSA) is 73.3 Å². The van der Waals surface area contributed by atoms with Gasteiger partial charge in [0, 0.05) is 6.54 Å². The van der Waals surface area contributed by atoms with Crippen LogP contribution >= 0.6 is 0 Å². The predicted octanol–water partition coefficient (Wildman–Crippen LogP) is 0.850. The summed E-state index contributed by atoms with van der Waals surface area (Å²) >= 11 is 0. The van der Waals surface area contributed by atoms with Gasteiger partial charge < -0.3 is 14.8 Å². The van der Waals surface area contributed by atoms with Gasteiger partial charge in [-0.1, -0.05) is 0 Å². The summed E-state index contributed by atoms with van der Waals surface area (Å²) in [6.07, 6.45) is 3.39. The number of anilines is 1. The fourth-order valence-corrected chi connectivity index (χ4v) is 1.05. The van der Waals surface area contributed by atoms with Crippen LogP contribution in [0.4, 0.5) is 5.82 Å². The summed E-state index contributed by atoms with van der Waals surface area (Å²) in [7, 11) is 1.36. The standard InChI is InChI=1S/C10H15N3O3/c1-3-16-9-7-11-6-8(13-9)12-5-4-10(14)15-2/h6-7H,3-5H2,1-2H3,(H,12,13). The number of rotatable bonds is 6. The van der Waals surface area contributed by atoms with E-state index in [0.29, 0.717) is 24.8 Å². The van der Waals surface area contributed by atoms with Crippen molar-refractivity contribution in [2.75, 3.05) is 25.6 Å². The van der Waals surface area contributed by atoms with E-state index in [2.05, 4.69) is 20.0 Å². The quantitative estimate of drug-likeness (QED) is 0.723. The fraction of sp³-hybridized carbons (Fsp3) is 0.500. The summed E-state index contributed by atoms with van der Waals surface area (Å²) in [5.74, 6) is 0.779. The van der Waals surface area contributed by atoms with Crippen molar-refractivity contribution in [2.45, 2.75) is 13.3 Å². The second-order valence-electron chi connectivity index (χ2n) is 2.93. The first kappa shape index (κ1) is 12.2. The van der Waals surface area contributed by atoms with Crippen LogP contribution in [0.2, 0.25) is 0 Å². The smallest absolute Gasteiger partial charge is 0.307 e. The zero-order chi connectivity index (χ0) is 11.8. The molecule has 0 spiro atoms. The summed E-state index contributed by atoms with van der Waals surface area (Å²) in [4.78, 5) is 18.9. The SMILES string of the molecule is CCOc1cncc(NCCC(=O)OC)n1. The Bertz CT molecular complexity index is 344. The lowest BCUT2D eigenvalue weighted by atomic mass is 10.4. The van der Waals surface area contributed by atoms with Crippen LogP contribution in [-0.2, 0) is 9.53 Å². The molecule has 6 heteroatoms. The highest BCUT2D eigenvalue weighted by Crippen LogP contribution is 2.08. The molecule has 0 amide bonds. The Morgan fingerprint density at radius 2 is 2.31 bits per heavy atom. The lowest BCUT2D eigenvalue weighted by Crippen LogP contribution is -2.11. The molecule has 1 aromatic heterocycles. The Morgan fingerprint density at radius 3 is 3.00 bits per heavy atom. The zero-order valence-electron chi connectivity index (χ0n) is 9.40. The van der Waals surface area contributed by atoms with Gasteiger partial charge in [-0.25, -0.2) is 0 Å². The van der Waals surface area contributed by atoms with E-state index in [1.807, 2.05) is 6.92 Å². The van der Waals surface area contributed by atoms with Crippen molar-refractivity contribution in [3.05, 3.63) is 12.4 Å². The van der Waals surface area contributed by atoms with E-state index in [4.69, 9.17) is 4.74 Å². The predicted molar refractivity (Wildman–Crippen MR) is 58.3 cm³/mol. The molecule has 0 aromatic carbocycles. The van der Waals surface area contributed by atoms with E-state index in [-0.39, 0.29) is 12.4 Å². The third-order valence-corrected chi connectivity index (χ3v) is 1.77. The van der Waals surface area contributed by atoms with Crippen LogP contribution < -0.4 is 10.1 Å². The highest BCUT2D eigenvalue weighted by molar-refractivity contribution is 5.69. The molecule has 0 fully saturated rings. The number of carbonyl (C=O) groups is 1. The molecule has 0 aliphatic rings. The first-order chi connectivity index (χ1) is 7.76. The number of esters is 1. The molecule has 1 N–H and O–H groups in total. The molecule has 0 radical (unpaired) electrons. The Kier molecular flexibility index (Phi) is 5.04. The van der Waals surface area contributed by atoms with Crippen molar-refractivity contribution in [2.24, 2.45) is 0 Å². The molecule has 1 heterocycles. The van der Waals surface area contributed by atoms with Crippen LogP contribution in [0.25, 0.3) is 0 Å². The van der Waals surface area contributed by atoms with Gasteiger partial charge in [-0.05, 0) is 6.92 Å². The van der Waals surface area contributed by atoms with Gasteiger partial charge in [0.15, 0.2) is 0 Å². The van der Waals surface area contributed by atoms with E-state index in [0.717, 1.165) is 0 Å². The Hall–Kier alpha value is -1.85. The Labute approximate surface area is 94.0 Å². The number of aromatic nitrogens is 2. The third-order valence-electron chi connectivity index (χ3n) is 1.77. The summed E-state index contributed by atoms with van der Waals surface area (Å²) in [6.45, 7) is 2.87. The number of hydrogen-bond donors (Lipinski definition) is 1. The molecule has 0 bridgehead atoms. The van der Waals surface area contributed by atoms with Gasteiger partial charge in [0.05, 0.1) is 32.5 Å². The fourth-order valence-electron chi connectivity index (χ4n) is 1.05. The van der Waals surface area contributed by atoms with Gasteiger partial charge in [0.25, 0.3) is 0 Å². The van der Waals surface area contributed by atoms with E-state index in [1.54, 1.807) is 6.20 Å². The number of nitrogens with one attached hydrogen (secondary N) is 1. The highest BCUT2D eigenvalue weighted by atomic mass is 16.5. The highest BCUT2D eigenvalue weighted by Gasteiger charge is 2.01. The Balaban J connectivity index is 2.41. The molecule has 6 nitrogen and oxygen atoms in total. The van der Waals surface area contributed by atoms with Gasteiger partial charge in [0.1, 0.15) is 5.82 Å². The molecule has 1 rings (SSSR count). The lowest BCUT2D eigenvalue weighted by molar-refractivity contribution is -0.140. The first-order valence-corrected chi connectivity index (χ1v) is 5.01. The molecular weight excluding hydrogens is 210 g/mol. The minimum Gasteiger partial charge on any atom is -0.477 e. The first-order valence-electron chi connectivity index (χ1n) is 5.01. The van der Waals surface area contributed by atoms with Gasteiger partial charge in [-0.3, -0.25) is 9.78 Å². The van der Waals surface area contributed by atoms with Crippen LogP contribution in [0.15, 0.2) is 12.4 Å². The molecule has 16 heavy (non-hydrogen) atoms. The molecule has 0 saturated heterocycles. The van der Waals surface area contributed by atoms with E-state index in [9.17, 15) is 4.79 Å². The van der Waals surface area contributed by atoms with Gasteiger partial charge >= 0.3 is 5.97 Å². The van der Waals surface area contributed by atoms with E-state index in [1.165, 1.54) is 13.3 Å². The second-order valence-corrected chi connectivity index (χ2v) is 2.93. The van der Waals surface area contributed by atoms with Crippen LogP contribution in [0.3, 0.4) is 0 Å². The summed E-state index contributed by atoms with van der Waals surface area (Å²) in [5.41, 5.74) is 0. The average Bonchev–Trinajstić information content (AvgIpc) is 2.30. The van der Waals surface area contributed by atoms with Gasteiger partial charge in [-0.2, -0.15) is 4.98 Å². The number of hydrogen-bond acceptors (Lipinski definition) is 6. The van der Waals surface area contributed by atoms with Crippen molar-refractivity contribution in [1.29, 1.82) is 0 Å². The van der Waals surface area contributed by atoms with E-state index >= 15 is 0 Å². The van der Waals surface area contributed by atoms with Gasteiger partial charge in [-0.15, -0.1) is 0 Å². The van der Waals surface area contributed by atoms with Crippen LogP contribution in [0.5, 0.6) is 5.88 Å². The van der Waals surface area contributed by atoms with E-state index < -0.39 is 0 Å². The van der Waals surface area contributed by atoms with Crippen molar-refractivity contribution in [3.8, 4) is 5.88 Å². The molecule has 1 aromatic rings. The lowest BCUT2D eigenvalue weighted by Gasteiger charge is -2.06. The monoisotopic (exact) mass is 225 g/mol. The molecule has 0 unspecified atom stereocenters. The summed E-state index contributed by atoms with van der Waals surface area (Å²) < 4.78 is 9.70. The van der Waals surface area contributed by atoms with Crippen molar-refractivity contribution in [1.82, 2.24) is 9.97 Å². The minimum absolute atomic E-state index is 0.263. The van der Waals surface area contributed by atoms with Crippen molar-refractivity contribution >= 4 is 11.8 Å². The molecule has 0 aliphatic heterocycles. The summed E-state index contributed by atoms with van der Waals surface area (Å²) in [5, 5.41) is 2.95. The minimum atomic E-state index is -0.263. The molecular formula is C10H15N3O3. The van der Waals surface area contributed by atoms with Crippen LogP contribution in [0, 0.1) is 0 Å². The van der Waals surface area contributed by atoms with Crippen molar-refractivity contribution < 1.29 is 14.3 Å². The third kappa shape index (κ3) is 4.12. The number of nitrogens with zero attached hydrogens (tertiary/aromatic N) is 2. The van der Waals surface area contributed by atoms with Gasteiger partial charge in [0.2, 0.25) is 5.88 Å². The number of carbonyl (C=O) groups excluding carboxylic acids is 1. The Morgan fingerprint density at radius 1 is 1.50 bits per heavy atom. The maximum Gasteiger partial charge on any atom is 0.307 e. The maximum absolute atomic E-state index is 10.8. The zero-order valence-corrected chi connectivity index (χ0v) is 9.40. The maximum atomic E-state index is 10.8. The average molecular weight is 225 g/mol. The van der Waals surface area contributed by atoms with Crippen molar-refractivity contribution in [3.63, 3.8) is 0 Å². The largest absolute Gasteiger partial charge is 0.477 e. The number of ether oxygens (including phenoxy) is 2. The van der Waals surface area contributed by atoms with Crippen LogP contribution in [0.1, 0.15) is 13.3 Å². The molecule has 88 valence electrons. The molecule has 0 atom stereocenters. The normalized spacial score (nSPS) is 9.62. The van der Waals surface area contributed by atoms with Crippen LogP contribution in [-0.4, -0.2) is 36.2 Å².